The van der Waals surface area contributed by atoms with Crippen LogP contribution in [0.15, 0.2) is 21.1 Å². The Labute approximate surface area is 106 Å². The summed E-state index contributed by atoms with van der Waals surface area (Å²) >= 11 is 6.84. The third-order valence-corrected chi connectivity index (χ3v) is 4.10. The normalized spacial score (nSPS) is 21.6. The van der Waals surface area contributed by atoms with Gasteiger partial charge in [-0.1, -0.05) is 22.4 Å². The zero-order chi connectivity index (χ0) is 10.8. The van der Waals surface area contributed by atoms with Crippen molar-refractivity contribution in [2.24, 2.45) is 0 Å². The lowest BCUT2D eigenvalue weighted by atomic mass is 9.97. The fourth-order valence-electron chi connectivity index (χ4n) is 1.99. The maximum atomic E-state index is 10.0. The molecule has 1 aromatic carbocycles. The third kappa shape index (κ3) is 2.37. The van der Waals surface area contributed by atoms with Crippen LogP contribution in [0.2, 0.25) is 0 Å². The number of piperidine rings is 1. The number of halogens is 2. The number of benzene rings is 1. The van der Waals surface area contributed by atoms with Crippen molar-refractivity contribution in [1.82, 2.24) is 5.32 Å². The van der Waals surface area contributed by atoms with E-state index in [9.17, 15) is 5.11 Å². The zero-order valence-electron chi connectivity index (χ0n) is 8.26. The topological polar surface area (TPSA) is 32.3 Å². The Bertz CT molecular complexity index is 362. The van der Waals surface area contributed by atoms with Gasteiger partial charge in [-0.05, 0) is 47.4 Å². The molecule has 0 aliphatic carbocycles. The Balaban J connectivity index is 2.36. The largest absolute Gasteiger partial charge is 0.506 e. The summed E-state index contributed by atoms with van der Waals surface area (Å²) < 4.78 is 1.73. The fraction of sp³-hybridized carbons (Fsp3) is 0.455. The van der Waals surface area contributed by atoms with Gasteiger partial charge < -0.3 is 10.4 Å². The molecule has 0 saturated carbocycles. The van der Waals surface area contributed by atoms with Crippen LogP contribution >= 0.6 is 31.9 Å². The molecule has 1 fully saturated rings. The molecule has 1 aliphatic heterocycles. The van der Waals surface area contributed by atoms with Crippen molar-refractivity contribution in [3.8, 4) is 5.75 Å². The van der Waals surface area contributed by atoms with Crippen LogP contribution in [0.4, 0.5) is 0 Å². The molecule has 1 atom stereocenters. The maximum absolute atomic E-state index is 10.0. The molecule has 15 heavy (non-hydrogen) atoms. The minimum Gasteiger partial charge on any atom is -0.506 e. The van der Waals surface area contributed by atoms with Crippen molar-refractivity contribution in [2.45, 2.75) is 25.3 Å². The van der Waals surface area contributed by atoms with Crippen molar-refractivity contribution in [1.29, 1.82) is 0 Å². The van der Waals surface area contributed by atoms with E-state index in [1.807, 2.05) is 12.1 Å². The van der Waals surface area contributed by atoms with Gasteiger partial charge in [0.15, 0.2) is 0 Å². The highest BCUT2D eigenvalue weighted by Gasteiger charge is 2.21. The van der Waals surface area contributed by atoms with Gasteiger partial charge >= 0.3 is 0 Å². The standard InChI is InChI=1S/C11H13Br2NO/c12-7-4-5-8(13)11(15)10(7)9-3-1-2-6-14-9/h4-5,9,14-15H,1-3,6H2/t9-/m0/s1. The highest BCUT2D eigenvalue weighted by molar-refractivity contribution is 9.11. The van der Waals surface area contributed by atoms with E-state index < -0.39 is 0 Å². The van der Waals surface area contributed by atoms with Crippen LogP contribution in [0.1, 0.15) is 30.9 Å². The molecular formula is C11H13Br2NO. The molecule has 0 aromatic heterocycles. The number of hydrogen-bond acceptors (Lipinski definition) is 2. The van der Waals surface area contributed by atoms with Crippen molar-refractivity contribution in [3.05, 3.63) is 26.6 Å². The van der Waals surface area contributed by atoms with Crippen molar-refractivity contribution < 1.29 is 5.11 Å². The Morgan fingerprint density at radius 2 is 1.93 bits per heavy atom. The smallest absolute Gasteiger partial charge is 0.135 e. The van der Waals surface area contributed by atoms with E-state index in [1.165, 1.54) is 12.8 Å². The van der Waals surface area contributed by atoms with Gasteiger partial charge in [-0.15, -0.1) is 0 Å². The SMILES string of the molecule is Oc1c(Br)ccc(Br)c1[C@@H]1CCCCN1. The Kier molecular flexibility index (Phi) is 3.69. The van der Waals surface area contributed by atoms with Gasteiger partial charge in [-0.25, -0.2) is 0 Å². The van der Waals surface area contributed by atoms with Crippen LogP contribution in [-0.4, -0.2) is 11.7 Å². The van der Waals surface area contributed by atoms with Gasteiger partial charge in [0.05, 0.1) is 4.47 Å². The van der Waals surface area contributed by atoms with Gasteiger partial charge in [-0.3, -0.25) is 0 Å². The molecule has 0 radical (unpaired) electrons. The summed E-state index contributed by atoms with van der Waals surface area (Å²) in [5, 5.41) is 13.4. The number of nitrogens with one attached hydrogen (secondary N) is 1. The lowest BCUT2D eigenvalue weighted by Crippen LogP contribution is -2.27. The summed E-state index contributed by atoms with van der Waals surface area (Å²) in [6.45, 7) is 1.03. The van der Waals surface area contributed by atoms with Crippen LogP contribution in [0.5, 0.6) is 5.75 Å². The monoisotopic (exact) mass is 333 g/mol. The molecule has 1 saturated heterocycles. The van der Waals surface area contributed by atoms with Gasteiger partial charge in [0.1, 0.15) is 5.75 Å². The van der Waals surface area contributed by atoms with E-state index in [1.54, 1.807) is 0 Å². The van der Waals surface area contributed by atoms with E-state index in [0.717, 1.165) is 27.5 Å². The highest BCUT2D eigenvalue weighted by Crippen LogP contribution is 2.39. The second-order valence-corrected chi connectivity index (χ2v) is 5.50. The summed E-state index contributed by atoms with van der Waals surface area (Å²) in [4.78, 5) is 0. The van der Waals surface area contributed by atoms with Gasteiger partial charge in [0.25, 0.3) is 0 Å². The minimum atomic E-state index is 0.269. The van der Waals surface area contributed by atoms with Crippen LogP contribution in [0, 0.1) is 0 Å². The van der Waals surface area contributed by atoms with E-state index in [0.29, 0.717) is 5.75 Å². The summed E-state index contributed by atoms with van der Waals surface area (Å²) in [6, 6.07) is 4.09. The summed E-state index contributed by atoms with van der Waals surface area (Å²) in [5.41, 5.74) is 0.976. The number of phenols is 1. The summed E-state index contributed by atoms with van der Waals surface area (Å²) in [7, 11) is 0. The van der Waals surface area contributed by atoms with Crippen molar-refractivity contribution in [2.75, 3.05) is 6.54 Å². The first-order valence-electron chi connectivity index (χ1n) is 5.10. The lowest BCUT2D eigenvalue weighted by molar-refractivity contribution is 0.388. The van der Waals surface area contributed by atoms with Crippen LogP contribution in [0.3, 0.4) is 0 Å². The summed E-state index contributed by atoms with van der Waals surface area (Å²) in [5.74, 6) is 0.351. The molecule has 2 nitrogen and oxygen atoms in total. The van der Waals surface area contributed by atoms with Crippen molar-refractivity contribution >= 4 is 31.9 Å². The second-order valence-electron chi connectivity index (χ2n) is 3.79. The first-order chi connectivity index (χ1) is 7.20. The molecule has 1 heterocycles. The van der Waals surface area contributed by atoms with Crippen molar-refractivity contribution in [3.63, 3.8) is 0 Å². The molecule has 0 amide bonds. The molecule has 2 N–H and O–H groups in total. The molecule has 1 aliphatic rings. The quantitative estimate of drug-likeness (QED) is 0.820. The predicted molar refractivity (Wildman–Crippen MR) is 68.1 cm³/mol. The van der Waals surface area contributed by atoms with Crippen LogP contribution in [0.25, 0.3) is 0 Å². The number of aromatic hydroxyl groups is 1. The molecular weight excluding hydrogens is 322 g/mol. The molecule has 0 unspecified atom stereocenters. The fourth-order valence-corrected chi connectivity index (χ4v) is 2.93. The lowest BCUT2D eigenvalue weighted by Gasteiger charge is -2.25. The average Bonchev–Trinajstić information content (AvgIpc) is 2.26. The second kappa shape index (κ2) is 4.85. The first-order valence-corrected chi connectivity index (χ1v) is 6.69. The zero-order valence-corrected chi connectivity index (χ0v) is 11.4. The predicted octanol–water partition coefficient (Wildman–Crippen LogP) is 3.73. The first kappa shape index (κ1) is 11.4. The molecule has 82 valence electrons. The van der Waals surface area contributed by atoms with E-state index >= 15 is 0 Å². The van der Waals surface area contributed by atoms with E-state index in [2.05, 4.69) is 37.2 Å². The van der Waals surface area contributed by atoms with Gasteiger partial charge in [0.2, 0.25) is 0 Å². The van der Waals surface area contributed by atoms with Gasteiger partial charge in [0, 0.05) is 16.1 Å². The van der Waals surface area contributed by atoms with E-state index in [4.69, 9.17) is 0 Å². The molecule has 4 heteroatoms. The molecule has 0 bridgehead atoms. The van der Waals surface area contributed by atoms with E-state index in [-0.39, 0.29) is 6.04 Å². The Morgan fingerprint density at radius 3 is 2.60 bits per heavy atom. The molecule has 1 aromatic rings. The third-order valence-electron chi connectivity index (χ3n) is 2.77. The number of rotatable bonds is 1. The molecule has 2 rings (SSSR count). The number of phenolic OH excluding ortho intramolecular Hbond substituents is 1. The summed E-state index contributed by atoms with van der Waals surface area (Å²) in [6.07, 6.45) is 3.53. The maximum Gasteiger partial charge on any atom is 0.135 e. The Morgan fingerprint density at radius 1 is 1.20 bits per heavy atom. The van der Waals surface area contributed by atoms with Crippen LogP contribution < -0.4 is 5.32 Å². The highest BCUT2D eigenvalue weighted by atomic mass is 79.9. The average molecular weight is 335 g/mol. The van der Waals surface area contributed by atoms with Gasteiger partial charge in [-0.2, -0.15) is 0 Å². The Hall–Kier alpha value is -0.0600. The number of hydrogen-bond donors (Lipinski definition) is 2. The molecule has 0 spiro atoms. The van der Waals surface area contributed by atoms with Crippen LogP contribution in [-0.2, 0) is 0 Å². The minimum absolute atomic E-state index is 0.269.